The summed E-state index contributed by atoms with van der Waals surface area (Å²) in [4.78, 5) is 23.9. The van der Waals surface area contributed by atoms with Crippen molar-refractivity contribution in [3.05, 3.63) is 0 Å². The molecular formula is C9H19N3O2. The fraction of sp³-hybridized carbons (Fsp3) is 0.778. The number of carbonyl (C=O) groups is 2. The number of hydrogen-bond acceptors (Lipinski definition) is 3. The summed E-state index contributed by atoms with van der Waals surface area (Å²) in [6, 6.07) is 0. The van der Waals surface area contributed by atoms with E-state index in [0.717, 1.165) is 0 Å². The second-order valence-corrected chi connectivity index (χ2v) is 2.87. The van der Waals surface area contributed by atoms with Crippen LogP contribution < -0.4 is 11.1 Å². The van der Waals surface area contributed by atoms with Gasteiger partial charge < -0.3 is 16.0 Å². The van der Waals surface area contributed by atoms with Gasteiger partial charge in [0.2, 0.25) is 11.8 Å². The van der Waals surface area contributed by atoms with Gasteiger partial charge in [-0.2, -0.15) is 0 Å². The van der Waals surface area contributed by atoms with E-state index in [2.05, 4.69) is 5.32 Å². The van der Waals surface area contributed by atoms with Crippen LogP contribution in [0, 0.1) is 0 Å². The number of nitrogens with zero attached hydrogens (tertiary/aromatic N) is 1. The minimum atomic E-state index is -0.225. The lowest BCUT2D eigenvalue weighted by Gasteiger charge is -2.18. The summed E-state index contributed by atoms with van der Waals surface area (Å²) < 4.78 is 0. The molecule has 0 rings (SSSR count). The second-order valence-electron chi connectivity index (χ2n) is 2.87. The SMILES string of the molecule is CCN(CC)C(=O)CCNC(=O)CN. The van der Waals surface area contributed by atoms with Gasteiger partial charge in [-0.1, -0.05) is 0 Å². The van der Waals surface area contributed by atoms with E-state index >= 15 is 0 Å². The van der Waals surface area contributed by atoms with Gasteiger partial charge in [0, 0.05) is 26.1 Å². The molecule has 0 saturated carbocycles. The standard InChI is InChI=1S/C9H19N3O2/c1-3-12(4-2)9(14)5-6-11-8(13)7-10/h3-7,10H2,1-2H3,(H,11,13). The maximum absolute atomic E-state index is 11.4. The average Bonchev–Trinajstić information content (AvgIpc) is 2.19. The molecule has 14 heavy (non-hydrogen) atoms. The van der Waals surface area contributed by atoms with Crippen LogP contribution in [0.3, 0.4) is 0 Å². The molecule has 0 fully saturated rings. The molecule has 0 atom stereocenters. The van der Waals surface area contributed by atoms with Gasteiger partial charge in [0.15, 0.2) is 0 Å². The largest absolute Gasteiger partial charge is 0.354 e. The van der Waals surface area contributed by atoms with Crippen LogP contribution in [-0.4, -0.2) is 42.9 Å². The molecule has 0 aromatic carbocycles. The Balaban J connectivity index is 3.67. The van der Waals surface area contributed by atoms with Gasteiger partial charge in [0.05, 0.1) is 6.54 Å². The summed E-state index contributed by atoms with van der Waals surface area (Å²) in [6.07, 6.45) is 0.341. The molecule has 0 aliphatic rings. The monoisotopic (exact) mass is 201 g/mol. The fourth-order valence-corrected chi connectivity index (χ4v) is 1.12. The maximum Gasteiger partial charge on any atom is 0.233 e. The zero-order chi connectivity index (χ0) is 11.0. The Kier molecular flexibility index (Phi) is 6.74. The third-order valence-electron chi connectivity index (χ3n) is 1.96. The summed E-state index contributed by atoms with van der Waals surface area (Å²) in [6.45, 7) is 5.62. The molecule has 0 aliphatic heterocycles. The third kappa shape index (κ3) is 4.81. The van der Waals surface area contributed by atoms with Crippen molar-refractivity contribution in [2.45, 2.75) is 20.3 Å². The summed E-state index contributed by atoms with van der Waals surface area (Å²) in [7, 11) is 0. The molecule has 82 valence electrons. The lowest BCUT2D eigenvalue weighted by atomic mass is 10.3. The van der Waals surface area contributed by atoms with E-state index in [9.17, 15) is 9.59 Å². The highest BCUT2D eigenvalue weighted by Gasteiger charge is 2.08. The molecule has 0 saturated heterocycles. The van der Waals surface area contributed by atoms with Crippen LogP contribution in [-0.2, 0) is 9.59 Å². The molecule has 0 aromatic rings. The van der Waals surface area contributed by atoms with E-state index in [1.165, 1.54) is 0 Å². The maximum atomic E-state index is 11.4. The van der Waals surface area contributed by atoms with Gasteiger partial charge in [-0.3, -0.25) is 9.59 Å². The highest BCUT2D eigenvalue weighted by molar-refractivity contribution is 5.79. The van der Waals surface area contributed by atoms with E-state index in [1.807, 2.05) is 13.8 Å². The molecule has 0 heterocycles. The first-order chi connectivity index (χ1) is 6.65. The summed E-state index contributed by atoms with van der Waals surface area (Å²) in [5, 5.41) is 2.55. The van der Waals surface area contributed by atoms with Crippen molar-refractivity contribution >= 4 is 11.8 Å². The molecule has 0 radical (unpaired) electrons. The van der Waals surface area contributed by atoms with Gasteiger partial charge in [0.1, 0.15) is 0 Å². The Bertz CT molecular complexity index is 190. The first-order valence-corrected chi connectivity index (χ1v) is 4.90. The Labute approximate surface area is 84.6 Å². The van der Waals surface area contributed by atoms with Crippen LogP contribution in [0.15, 0.2) is 0 Å². The predicted octanol–water partition coefficient (Wildman–Crippen LogP) is -0.680. The first kappa shape index (κ1) is 12.9. The quantitative estimate of drug-likeness (QED) is 0.598. The minimum Gasteiger partial charge on any atom is -0.354 e. The second kappa shape index (κ2) is 7.32. The van der Waals surface area contributed by atoms with Crippen LogP contribution in [0.5, 0.6) is 0 Å². The van der Waals surface area contributed by atoms with Gasteiger partial charge >= 0.3 is 0 Å². The van der Waals surface area contributed by atoms with Crippen LogP contribution in [0.25, 0.3) is 0 Å². The Morgan fingerprint density at radius 2 is 1.86 bits per heavy atom. The number of carbonyl (C=O) groups excluding carboxylic acids is 2. The number of nitrogens with one attached hydrogen (secondary N) is 1. The molecule has 0 spiro atoms. The minimum absolute atomic E-state index is 0.0283. The smallest absolute Gasteiger partial charge is 0.233 e. The van der Waals surface area contributed by atoms with Crippen molar-refractivity contribution < 1.29 is 9.59 Å². The predicted molar refractivity (Wildman–Crippen MR) is 54.6 cm³/mol. The van der Waals surface area contributed by atoms with Gasteiger partial charge in [-0.15, -0.1) is 0 Å². The summed E-state index contributed by atoms with van der Waals surface area (Å²) >= 11 is 0. The average molecular weight is 201 g/mol. The Morgan fingerprint density at radius 3 is 2.29 bits per heavy atom. The number of rotatable bonds is 6. The fourth-order valence-electron chi connectivity index (χ4n) is 1.12. The van der Waals surface area contributed by atoms with E-state index in [-0.39, 0.29) is 18.4 Å². The topological polar surface area (TPSA) is 75.4 Å². The van der Waals surface area contributed by atoms with Gasteiger partial charge in [-0.05, 0) is 13.8 Å². The highest BCUT2D eigenvalue weighted by atomic mass is 16.2. The molecule has 5 nitrogen and oxygen atoms in total. The van der Waals surface area contributed by atoms with Crippen molar-refractivity contribution in [3.63, 3.8) is 0 Å². The molecule has 2 amide bonds. The Hall–Kier alpha value is -1.10. The molecular weight excluding hydrogens is 182 g/mol. The molecule has 0 unspecified atom stereocenters. The summed E-state index contributed by atoms with van der Waals surface area (Å²) in [5.74, 6) is -0.162. The van der Waals surface area contributed by atoms with Gasteiger partial charge in [-0.25, -0.2) is 0 Å². The van der Waals surface area contributed by atoms with Crippen molar-refractivity contribution in [2.24, 2.45) is 5.73 Å². The zero-order valence-corrected chi connectivity index (χ0v) is 8.88. The first-order valence-electron chi connectivity index (χ1n) is 4.90. The molecule has 5 heteroatoms. The van der Waals surface area contributed by atoms with Crippen LogP contribution in [0.4, 0.5) is 0 Å². The number of amides is 2. The Morgan fingerprint density at radius 1 is 1.29 bits per heavy atom. The lowest BCUT2D eigenvalue weighted by molar-refractivity contribution is -0.130. The van der Waals surface area contributed by atoms with Gasteiger partial charge in [0.25, 0.3) is 0 Å². The number of hydrogen-bond donors (Lipinski definition) is 2. The molecule has 0 bridgehead atoms. The van der Waals surface area contributed by atoms with E-state index < -0.39 is 0 Å². The van der Waals surface area contributed by atoms with Crippen molar-refractivity contribution in [1.82, 2.24) is 10.2 Å². The van der Waals surface area contributed by atoms with Crippen LogP contribution >= 0.6 is 0 Å². The van der Waals surface area contributed by atoms with Crippen molar-refractivity contribution in [1.29, 1.82) is 0 Å². The van der Waals surface area contributed by atoms with E-state index in [0.29, 0.717) is 26.1 Å². The van der Waals surface area contributed by atoms with Crippen LogP contribution in [0.2, 0.25) is 0 Å². The normalized spacial score (nSPS) is 9.64. The molecule has 3 N–H and O–H groups in total. The van der Waals surface area contributed by atoms with Crippen LogP contribution in [0.1, 0.15) is 20.3 Å². The van der Waals surface area contributed by atoms with E-state index in [4.69, 9.17) is 5.73 Å². The number of nitrogens with two attached hydrogens (primary N) is 1. The van der Waals surface area contributed by atoms with E-state index in [1.54, 1.807) is 4.90 Å². The lowest BCUT2D eigenvalue weighted by Crippen LogP contribution is -2.36. The van der Waals surface area contributed by atoms with Crippen molar-refractivity contribution in [2.75, 3.05) is 26.2 Å². The third-order valence-corrected chi connectivity index (χ3v) is 1.96. The van der Waals surface area contributed by atoms with Crippen molar-refractivity contribution in [3.8, 4) is 0 Å². The molecule has 0 aliphatic carbocycles. The zero-order valence-electron chi connectivity index (χ0n) is 8.88. The highest BCUT2D eigenvalue weighted by Crippen LogP contribution is 1.92. The molecule has 0 aromatic heterocycles. The summed E-state index contributed by atoms with van der Waals surface area (Å²) in [5.41, 5.74) is 5.09.